The zero-order valence-corrected chi connectivity index (χ0v) is 18.4. The number of aromatic nitrogens is 1. The van der Waals surface area contributed by atoms with Crippen LogP contribution in [-0.2, 0) is 9.53 Å². The SMILES string of the molecule is CC(=O)c1ccc(OCCCC(=O)N(CC2CCCO2)c2nc3ccccc3s2)cc1. The molecule has 2 aromatic carbocycles. The highest BCUT2D eigenvalue weighted by Gasteiger charge is 2.25. The van der Waals surface area contributed by atoms with Gasteiger partial charge in [0.05, 0.1) is 29.5 Å². The molecule has 0 bridgehead atoms. The van der Waals surface area contributed by atoms with Gasteiger partial charge in [0.15, 0.2) is 10.9 Å². The van der Waals surface area contributed by atoms with Crippen molar-refractivity contribution in [3.05, 3.63) is 54.1 Å². The number of hydrogen-bond donors (Lipinski definition) is 0. The van der Waals surface area contributed by atoms with Crippen molar-refractivity contribution in [3.63, 3.8) is 0 Å². The number of ketones is 1. The number of ether oxygens (including phenoxy) is 2. The van der Waals surface area contributed by atoms with Crippen LogP contribution in [0.3, 0.4) is 0 Å². The molecule has 0 saturated carbocycles. The van der Waals surface area contributed by atoms with Crippen LogP contribution in [0.25, 0.3) is 10.2 Å². The number of carbonyl (C=O) groups is 2. The Morgan fingerprint density at radius 3 is 2.71 bits per heavy atom. The molecular formula is C24H26N2O4S. The monoisotopic (exact) mass is 438 g/mol. The number of Topliss-reactive ketones (excluding diaryl/α,β-unsaturated/α-hetero) is 1. The first kappa shape index (κ1) is 21.5. The van der Waals surface area contributed by atoms with Crippen molar-refractivity contribution in [2.24, 2.45) is 0 Å². The summed E-state index contributed by atoms with van der Waals surface area (Å²) in [5, 5.41) is 0.724. The summed E-state index contributed by atoms with van der Waals surface area (Å²) in [6.45, 7) is 3.25. The summed E-state index contributed by atoms with van der Waals surface area (Å²) in [5.41, 5.74) is 1.56. The Kier molecular flexibility index (Phi) is 6.94. The van der Waals surface area contributed by atoms with Crippen LogP contribution in [-0.4, -0.2) is 42.5 Å². The summed E-state index contributed by atoms with van der Waals surface area (Å²) < 4.78 is 12.6. The molecule has 1 aromatic heterocycles. The standard InChI is InChI=1S/C24H26N2O4S/c1-17(27)18-10-12-19(13-11-18)29-15-5-9-23(28)26(16-20-6-4-14-30-20)24-25-21-7-2-3-8-22(21)31-24/h2-3,7-8,10-13,20H,4-6,9,14-16H2,1H3. The van der Waals surface area contributed by atoms with Gasteiger partial charge in [-0.3, -0.25) is 14.5 Å². The number of amides is 1. The molecule has 1 aliphatic heterocycles. The van der Waals surface area contributed by atoms with Gasteiger partial charge in [0.25, 0.3) is 0 Å². The summed E-state index contributed by atoms with van der Waals surface area (Å²) in [7, 11) is 0. The zero-order chi connectivity index (χ0) is 21.6. The molecule has 1 amide bonds. The molecule has 6 nitrogen and oxygen atoms in total. The molecule has 4 rings (SSSR count). The van der Waals surface area contributed by atoms with Gasteiger partial charge in [-0.25, -0.2) is 4.98 Å². The van der Waals surface area contributed by atoms with Crippen molar-refractivity contribution in [2.45, 2.75) is 38.7 Å². The van der Waals surface area contributed by atoms with Crippen LogP contribution in [0, 0.1) is 0 Å². The molecule has 2 heterocycles. The quantitative estimate of drug-likeness (QED) is 0.352. The minimum absolute atomic E-state index is 0.0262. The average Bonchev–Trinajstić information content (AvgIpc) is 3.44. The Hall–Kier alpha value is -2.77. The first-order chi connectivity index (χ1) is 15.1. The second kappa shape index (κ2) is 10.0. The molecule has 1 unspecified atom stereocenters. The van der Waals surface area contributed by atoms with Gasteiger partial charge >= 0.3 is 0 Å². The van der Waals surface area contributed by atoms with E-state index in [1.165, 1.54) is 18.3 Å². The fourth-order valence-electron chi connectivity index (χ4n) is 3.59. The maximum atomic E-state index is 13.1. The predicted octanol–water partition coefficient (Wildman–Crippen LogP) is 4.87. The fraction of sp³-hybridized carbons (Fsp3) is 0.375. The molecule has 1 saturated heterocycles. The molecule has 0 N–H and O–H groups in total. The van der Waals surface area contributed by atoms with E-state index in [1.807, 2.05) is 24.3 Å². The molecule has 0 aliphatic carbocycles. The molecule has 0 spiro atoms. The van der Waals surface area contributed by atoms with Gasteiger partial charge in [-0.2, -0.15) is 0 Å². The van der Waals surface area contributed by atoms with Crippen molar-refractivity contribution in [2.75, 3.05) is 24.7 Å². The molecule has 1 aliphatic rings. The van der Waals surface area contributed by atoms with E-state index in [0.29, 0.717) is 37.3 Å². The van der Waals surface area contributed by atoms with Crippen LogP contribution in [0.5, 0.6) is 5.75 Å². The van der Waals surface area contributed by atoms with E-state index < -0.39 is 0 Å². The third kappa shape index (κ3) is 5.48. The Bertz CT molecular complexity index is 1010. The first-order valence-corrected chi connectivity index (χ1v) is 11.4. The Labute approximate surface area is 185 Å². The number of para-hydroxylation sites is 1. The maximum absolute atomic E-state index is 13.1. The molecule has 0 radical (unpaired) electrons. The lowest BCUT2D eigenvalue weighted by atomic mass is 10.1. The minimum Gasteiger partial charge on any atom is -0.494 e. The summed E-state index contributed by atoms with van der Waals surface area (Å²) in [4.78, 5) is 30.9. The van der Waals surface area contributed by atoms with Gasteiger partial charge in [-0.05, 0) is 62.6 Å². The largest absolute Gasteiger partial charge is 0.494 e. The topological polar surface area (TPSA) is 68.7 Å². The number of fused-ring (bicyclic) bond motifs is 1. The third-order valence-corrected chi connectivity index (χ3v) is 6.35. The average molecular weight is 439 g/mol. The Morgan fingerprint density at radius 2 is 2.00 bits per heavy atom. The van der Waals surface area contributed by atoms with Gasteiger partial charge in [0.1, 0.15) is 5.75 Å². The molecule has 3 aromatic rings. The summed E-state index contributed by atoms with van der Waals surface area (Å²) in [5.74, 6) is 0.753. The first-order valence-electron chi connectivity index (χ1n) is 10.6. The van der Waals surface area contributed by atoms with E-state index in [0.717, 1.165) is 34.8 Å². The van der Waals surface area contributed by atoms with Crippen molar-refractivity contribution >= 4 is 38.4 Å². The van der Waals surface area contributed by atoms with Crippen LogP contribution in [0.2, 0.25) is 0 Å². The predicted molar refractivity (Wildman–Crippen MR) is 122 cm³/mol. The second-order valence-electron chi connectivity index (χ2n) is 7.64. The van der Waals surface area contributed by atoms with E-state index in [1.54, 1.807) is 29.2 Å². The fourth-order valence-corrected chi connectivity index (χ4v) is 4.58. The van der Waals surface area contributed by atoms with Crippen molar-refractivity contribution in [3.8, 4) is 5.75 Å². The van der Waals surface area contributed by atoms with Gasteiger partial charge in [0.2, 0.25) is 5.91 Å². The van der Waals surface area contributed by atoms with Crippen LogP contribution in [0.4, 0.5) is 5.13 Å². The van der Waals surface area contributed by atoms with E-state index in [2.05, 4.69) is 4.98 Å². The number of carbonyl (C=O) groups excluding carboxylic acids is 2. The van der Waals surface area contributed by atoms with E-state index in [-0.39, 0.29) is 17.8 Å². The number of thiazole rings is 1. The van der Waals surface area contributed by atoms with Gasteiger partial charge in [-0.15, -0.1) is 0 Å². The Balaban J connectivity index is 1.36. The number of hydrogen-bond acceptors (Lipinski definition) is 6. The zero-order valence-electron chi connectivity index (χ0n) is 17.6. The number of rotatable bonds is 9. The lowest BCUT2D eigenvalue weighted by Gasteiger charge is -2.23. The number of benzene rings is 2. The lowest BCUT2D eigenvalue weighted by molar-refractivity contribution is -0.119. The Morgan fingerprint density at radius 1 is 1.19 bits per heavy atom. The normalized spacial score (nSPS) is 15.8. The molecular weight excluding hydrogens is 412 g/mol. The summed E-state index contributed by atoms with van der Waals surface area (Å²) in [6, 6.07) is 15.0. The lowest BCUT2D eigenvalue weighted by Crippen LogP contribution is -2.37. The van der Waals surface area contributed by atoms with Crippen LogP contribution in [0.15, 0.2) is 48.5 Å². The third-order valence-electron chi connectivity index (χ3n) is 5.29. The van der Waals surface area contributed by atoms with Crippen LogP contribution >= 0.6 is 11.3 Å². The van der Waals surface area contributed by atoms with E-state index >= 15 is 0 Å². The minimum atomic E-state index is 0.0262. The van der Waals surface area contributed by atoms with Gasteiger partial charge in [-0.1, -0.05) is 23.5 Å². The molecule has 162 valence electrons. The molecule has 1 fully saturated rings. The number of anilines is 1. The molecule has 1 atom stereocenters. The van der Waals surface area contributed by atoms with Crippen molar-refractivity contribution in [1.29, 1.82) is 0 Å². The van der Waals surface area contributed by atoms with Gasteiger partial charge in [0, 0.05) is 18.6 Å². The van der Waals surface area contributed by atoms with Crippen molar-refractivity contribution < 1.29 is 19.1 Å². The summed E-state index contributed by atoms with van der Waals surface area (Å²) >= 11 is 1.54. The van der Waals surface area contributed by atoms with Gasteiger partial charge < -0.3 is 9.47 Å². The smallest absolute Gasteiger partial charge is 0.228 e. The highest BCUT2D eigenvalue weighted by atomic mass is 32.1. The second-order valence-corrected chi connectivity index (χ2v) is 8.65. The highest BCUT2D eigenvalue weighted by Crippen LogP contribution is 2.30. The van der Waals surface area contributed by atoms with E-state index in [4.69, 9.17) is 9.47 Å². The highest BCUT2D eigenvalue weighted by molar-refractivity contribution is 7.22. The van der Waals surface area contributed by atoms with Crippen molar-refractivity contribution in [1.82, 2.24) is 4.98 Å². The molecule has 31 heavy (non-hydrogen) atoms. The van der Waals surface area contributed by atoms with Crippen LogP contribution < -0.4 is 9.64 Å². The maximum Gasteiger partial charge on any atom is 0.228 e. The molecule has 7 heteroatoms. The summed E-state index contributed by atoms with van der Waals surface area (Å²) in [6.07, 6.45) is 3.03. The number of nitrogens with zero attached hydrogens (tertiary/aromatic N) is 2. The van der Waals surface area contributed by atoms with E-state index in [9.17, 15) is 9.59 Å². The van der Waals surface area contributed by atoms with Crippen LogP contribution in [0.1, 0.15) is 43.0 Å².